The second kappa shape index (κ2) is 7.04. The van der Waals surface area contributed by atoms with Crippen LogP contribution in [0.5, 0.6) is 0 Å². The molecule has 1 N–H and O–H groups in total. The highest BCUT2D eigenvalue weighted by molar-refractivity contribution is 5.45. The van der Waals surface area contributed by atoms with Crippen LogP contribution < -0.4 is 10.2 Å². The summed E-state index contributed by atoms with van der Waals surface area (Å²) in [5.74, 6) is 0. The van der Waals surface area contributed by atoms with Crippen molar-refractivity contribution in [1.82, 2.24) is 15.2 Å². The molecule has 0 radical (unpaired) electrons. The highest BCUT2D eigenvalue weighted by atomic mass is 15.3. The zero-order chi connectivity index (χ0) is 14.5. The van der Waals surface area contributed by atoms with Crippen molar-refractivity contribution in [1.29, 1.82) is 0 Å². The molecule has 2 heterocycles. The summed E-state index contributed by atoms with van der Waals surface area (Å²) in [6.07, 6.45) is 3.11. The number of hydrogen-bond acceptors (Lipinski definition) is 4. The van der Waals surface area contributed by atoms with Gasteiger partial charge in [-0.2, -0.15) is 0 Å². The summed E-state index contributed by atoms with van der Waals surface area (Å²) in [7, 11) is 2.20. The van der Waals surface area contributed by atoms with E-state index in [1.807, 2.05) is 6.20 Å². The lowest BCUT2D eigenvalue weighted by molar-refractivity contribution is 0.234. The number of hydrogen-bond donors (Lipinski definition) is 1. The molecule has 1 aliphatic rings. The molecule has 1 aliphatic heterocycles. The Hall–Kier alpha value is -1.13. The molecule has 2 unspecified atom stereocenters. The van der Waals surface area contributed by atoms with Gasteiger partial charge in [-0.05, 0) is 39.1 Å². The maximum absolute atomic E-state index is 4.67. The van der Waals surface area contributed by atoms with Crippen LogP contribution in [-0.4, -0.2) is 49.2 Å². The number of likely N-dealkylation sites (N-methyl/N-ethyl adjacent to an activating group) is 1. The monoisotopic (exact) mass is 276 g/mol. The van der Waals surface area contributed by atoms with Crippen molar-refractivity contribution in [2.45, 2.75) is 39.3 Å². The third-order valence-electron chi connectivity index (χ3n) is 4.31. The molecular formula is C16H28N4. The van der Waals surface area contributed by atoms with E-state index >= 15 is 0 Å². The Morgan fingerprint density at radius 2 is 2.15 bits per heavy atom. The molecule has 0 aromatic carbocycles. The quantitative estimate of drug-likeness (QED) is 0.894. The van der Waals surface area contributed by atoms with Gasteiger partial charge in [-0.3, -0.25) is 4.98 Å². The Kier molecular flexibility index (Phi) is 5.38. The molecule has 1 saturated heterocycles. The lowest BCUT2D eigenvalue weighted by Crippen LogP contribution is -2.50. The van der Waals surface area contributed by atoms with E-state index in [2.05, 4.69) is 60.1 Å². The first-order chi connectivity index (χ1) is 9.65. The normalized spacial score (nSPS) is 22.0. The van der Waals surface area contributed by atoms with Crippen LogP contribution >= 0.6 is 0 Å². The molecule has 1 fully saturated rings. The molecule has 0 saturated carbocycles. The van der Waals surface area contributed by atoms with Crippen molar-refractivity contribution >= 4 is 5.69 Å². The summed E-state index contributed by atoms with van der Waals surface area (Å²) in [4.78, 5) is 9.52. The van der Waals surface area contributed by atoms with Gasteiger partial charge in [-0.15, -0.1) is 0 Å². The molecule has 20 heavy (non-hydrogen) atoms. The Morgan fingerprint density at radius 1 is 1.35 bits per heavy atom. The minimum atomic E-state index is 0.375. The number of piperazine rings is 1. The minimum absolute atomic E-state index is 0.375. The summed E-state index contributed by atoms with van der Waals surface area (Å²) in [5.41, 5.74) is 2.40. The van der Waals surface area contributed by atoms with Gasteiger partial charge in [-0.25, -0.2) is 0 Å². The number of anilines is 1. The zero-order valence-electron chi connectivity index (χ0n) is 13.3. The molecule has 4 heteroatoms. The van der Waals surface area contributed by atoms with Gasteiger partial charge < -0.3 is 15.1 Å². The molecule has 0 bridgehead atoms. The van der Waals surface area contributed by atoms with Gasteiger partial charge in [0.15, 0.2) is 0 Å². The predicted octanol–water partition coefficient (Wildman–Crippen LogP) is 2.28. The molecule has 4 nitrogen and oxygen atoms in total. The van der Waals surface area contributed by atoms with Crippen molar-refractivity contribution in [2.75, 3.05) is 38.1 Å². The summed E-state index contributed by atoms with van der Waals surface area (Å²) >= 11 is 0. The minimum Gasteiger partial charge on any atom is -0.367 e. The third kappa shape index (κ3) is 3.49. The topological polar surface area (TPSA) is 31.4 Å². The van der Waals surface area contributed by atoms with E-state index in [0.717, 1.165) is 38.3 Å². The number of aromatic nitrogens is 1. The third-order valence-corrected chi connectivity index (χ3v) is 4.31. The van der Waals surface area contributed by atoms with E-state index in [4.69, 9.17) is 0 Å². The number of rotatable bonds is 5. The lowest BCUT2D eigenvalue weighted by Gasteiger charge is -2.38. The van der Waals surface area contributed by atoms with Crippen molar-refractivity contribution in [3.8, 4) is 0 Å². The second-order valence-corrected chi connectivity index (χ2v) is 5.74. The Balaban J connectivity index is 2.04. The number of pyridine rings is 1. The van der Waals surface area contributed by atoms with E-state index in [-0.39, 0.29) is 0 Å². The van der Waals surface area contributed by atoms with Gasteiger partial charge >= 0.3 is 0 Å². The van der Waals surface area contributed by atoms with E-state index < -0.39 is 0 Å². The SMILES string of the molecule is CCNC(CC)c1ccc(N2CCN(C)C(C)C2)cn1. The molecule has 1 aromatic rings. The predicted molar refractivity (Wildman–Crippen MR) is 85.3 cm³/mol. The van der Waals surface area contributed by atoms with Crippen LogP contribution in [-0.2, 0) is 0 Å². The smallest absolute Gasteiger partial charge is 0.0574 e. The molecule has 0 aliphatic carbocycles. The van der Waals surface area contributed by atoms with Crippen LogP contribution in [0.4, 0.5) is 5.69 Å². The van der Waals surface area contributed by atoms with E-state index in [9.17, 15) is 0 Å². The Bertz CT molecular complexity index is 403. The standard InChI is InChI=1S/C16H28N4/c1-5-15(17-6-2)16-8-7-14(11-18-16)20-10-9-19(4)13(3)12-20/h7-8,11,13,15,17H,5-6,9-10,12H2,1-4H3. The van der Waals surface area contributed by atoms with E-state index in [1.165, 1.54) is 5.69 Å². The molecule has 0 spiro atoms. The van der Waals surface area contributed by atoms with Crippen molar-refractivity contribution in [3.63, 3.8) is 0 Å². The molecule has 1 aromatic heterocycles. The summed E-state index contributed by atoms with van der Waals surface area (Å²) in [6, 6.07) is 5.38. The average molecular weight is 276 g/mol. The maximum Gasteiger partial charge on any atom is 0.0574 e. The summed E-state index contributed by atoms with van der Waals surface area (Å²) < 4.78 is 0. The highest BCUT2D eigenvalue weighted by Gasteiger charge is 2.21. The van der Waals surface area contributed by atoms with Gasteiger partial charge in [0, 0.05) is 31.7 Å². The Morgan fingerprint density at radius 3 is 2.70 bits per heavy atom. The van der Waals surface area contributed by atoms with Crippen molar-refractivity contribution < 1.29 is 0 Å². The number of nitrogens with one attached hydrogen (secondary N) is 1. The van der Waals surface area contributed by atoms with Gasteiger partial charge in [-0.1, -0.05) is 13.8 Å². The second-order valence-electron chi connectivity index (χ2n) is 5.74. The van der Waals surface area contributed by atoms with Crippen LogP contribution in [0.25, 0.3) is 0 Å². The molecule has 2 rings (SSSR count). The first kappa shape index (κ1) is 15.3. The fourth-order valence-electron chi connectivity index (χ4n) is 2.78. The number of nitrogens with zero attached hydrogens (tertiary/aromatic N) is 3. The summed E-state index contributed by atoms with van der Waals surface area (Å²) in [6.45, 7) is 10.9. The largest absolute Gasteiger partial charge is 0.367 e. The maximum atomic E-state index is 4.67. The van der Waals surface area contributed by atoms with Gasteiger partial charge in [0.25, 0.3) is 0 Å². The van der Waals surface area contributed by atoms with Crippen LogP contribution in [0.1, 0.15) is 38.9 Å². The van der Waals surface area contributed by atoms with Crippen LogP contribution in [0.3, 0.4) is 0 Å². The van der Waals surface area contributed by atoms with E-state index in [1.54, 1.807) is 0 Å². The van der Waals surface area contributed by atoms with Gasteiger partial charge in [0.2, 0.25) is 0 Å². The van der Waals surface area contributed by atoms with Gasteiger partial charge in [0.1, 0.15) is 0 Å². The first-order valence-corrected chi connectivity index (χ1v) is 7.80. The van der Waals surface area contributed by atoms with Crippen LogP contribution in [0.2, 0.25) is 0 Å². The summed E-state index contributed by atoms with van der Waals surface area (Å²) in [5, 5.41) is 3.48. The van der Waals surface area contributed by atoms with Crippen molar-refractivity contribution in [2.24, 2.45) is 0 Å². The Labute approximate surface area is 123 Å². The lowest BCUT2D eigenvalue weighted by atomic mass is 10.1. The van der Waals surface area contributed by atoms with Crippen LogP contribution in [0.15, 0.2) is 18.3 Å². The molecular weight excluding hydrogens is 248 g/mol. The highest BCUT2D eigenvalue weighted by Crippen LogP contribution is 2.20. The molecule has 0 amide bonds. The molecule has 112 valence electrons. The fraction of sp³-hybridized carbons (Fsp3) is 0.688. The fourth-order valence-corrected chi connectivity index (χ4v) is 2.78. The van der Waals surface area contributed by atoms with Gasteiger partial charge in [0.05, 0.1) is 17.6 Å². The first-order valence-electron chi connectivity index (χ1n) is 7.80. The van der Waals surface area contributed by atoms with Crippen LogP contribution in [0, 0.1) is 0 Å². The average Bonchev–Trinajstić information content (AvgIpc) is 2.48. The van der Waals surface area contributed by atoms with Crippen molar-refractivity contribution in [3.05, 3.63) is 24.0 Å². The molecule has 2 atom stereocenters. The van der Waals surface area contributed by atoms with E-state index in [0.29, 0.717) is 12.1 Å². The zero-order valence-corrected chi connectivity index (χ0v) is 13.3.